The third kappa shape index (κ3) is 5.34. The first-order chi connectivity index (χ1) is 16.0. The van der Waals surface area contributed by atoms with Gasteiger partial charge in [0.15, 0.2) is 15.4 Å². The lowest BCUT2D eigenvalue weighted by atomic mass is 9.95. The molecule has 1 aliphatic rings. The average molecular weight is 515 g/mol. The first-order valence-corrected chi connectivity index (χ1v) is 12.2. The van der Waals surface area contributed by atoms with Crippen LogP contribution in [-0.4, -0.2) is 53.4 Å². The normalized spacial score (nSPS) is 18.5. The van der Waals surface area contributed by atoms with Crippen LogP contribution in [0.1, 0.15) is 43.5 Å². The minimum Gasteiger partial charge on any atom is -0.392 e. The molecule has 1 heterocycles. The van der Waals surface area contributed by atoms with Crippen molar-refractivity contribution in [2.75, 3.05) is 11.1 Å². The number of aliphatic hydroxyl groups excluding tert-OH is 1. The van der Waals surface area contributed by atoms with Gasteiger partial charge in [-0.05, 0) is 54.8 Å². The van der Waals surface area contributed by atoms with E-state index in [-0.39, 0.29) is 17.1 Å². The van der Waals surface area contributed by atoms with Crippen molar-refractivity contribution in [2.45, 2.75) is 56.1 Å². The lowest BCUT2D eigenvalue weighted by Gasteiger charge is -2.27. The summed E-state index contributed by atoms with van der Waals surface area (Å²) >= 11 is 0. The molecule has 1 aliphatic heterocycles. The first-order valence-electron chi connectivity index (χ1n) is 10.6. The highest BCUT2D eigenvalue weighted by atomic mass is 32.2. The van der Waals surface area contributed by atoms with Crippen LogP contribution in [0.25, 0.3) is 0 Å². The number of aliphatic hydroxyl groups is 2. The Labute approximate surface area is 200 Å². The number of halogens is 3. The minimum absolute atomic E-state index is 0.0197. The highest BCUT2D eigenvalue weighted by molar-refractivity contribution is 7.91. The van der Waals surface area contributed by atoms with E-state index in [4.69, 9.17) is 0 Å². The van der Waals surface area contributed by atoms with Crippen LogP contribution in [0.4, 0.5) is 18.9 Å². The summed E-state index contributed by atoms with van der Waals surface area (Å²) in [7, 11) is -3.79. The number of hydrogen-bond acceptors (Lipinski definition) is 6. The Bertz CT molecular complexity index is 1240. The molecule has 190 valence electrons. The summed E-state index contributed by atoms with van der Waals surface area (Å²) in [5.41, 5.74) is -2.48. The second-order valence-electron chi connectivity index (χ2n) is 8.68. The van der Waals surface area contributed by atoms with Crippen LogP contribution in [0.15, 0.2) is 47.4 Å². The van der Waals surface area contributed by atoms with Gasteiger partial charge in [0.2, 0.25) is 5.91 Å². The maximum atomic E-state index is 13.1. The monoisotopic (exact) mass is 514 g/mol. The number of anilines is 1. The molecular formula is C23H25F3N2O6S. The number of carbonyl (C=O) groups excluding carboxylic acids is 2. The Hall–Kier alpha value is -2.96. The van der Waals surface area contributed by atoms with Crippen molar-refractivity contribution >= 4 is 27.3 Å². The quantitative estimate of drug-likeness (QED) is 0.545. The van der Waals surface area contributed by atoms with E-state index in [0.29, 0.717) is 18.1 Å². The molecule has 2 aromatic carbocycles. The summed E-state index contributed by atoms with van der Waals surface area (Å²) < 4.78 is 64.1. The number of nitrogens with zero attached hydrogens (tertiary/aromatic N) is 1. The van der Waals surface area contributed by atoms with Gasteiger partial charge in [0.1, 0.15) is 6.04 Å². The molecule has 3 atom stereocenters. The molecule has 3 rings (SSSR count). The number of carbonyl (C=O) groups is 2. The topological polar surface area (TPSA) is 124 Å². The van der Waals surface area contributed by atoms with Gasteiger partial charge in [-0.15, -0.1) is 0 Å². The highest BCUT2D eigenvalue weighted by Crippen LogP contribution is 2.39. The summed E-state index contributed by atoms with van der Waals surface area (Å²) in [6.45, 7) is 3.20. The standard InChI is InChI=1S/C23H25F3N2O6S/c1-13(29)12-35(33,34)18-8-9-19-15(10-18)11-28(14(2)30)20(19)21(31)27-17-6-4-16(5-7-17)22(3,32)23(24,25)26/h4-10,13,20,29,32H,11-12H2,1-3H3,(H,27,31). The predicted molar refractivity (Wildman–Crippen MR) is 120 cm³/mol. The predicted octanol–water partition coefficient (Wildman–Crippen LogP) is 2.65. The lowest BCUT2D eigenvalue weighted by molar-refractivity contribution is -0.258. The van der Waals surface area contributed by atoms with E-state index >= 15 is 0 Å². The van der Waals surface area contributed by atoms with E-state index < -0.39 is 56.9 Å². The number of alkyl halides is 3. The number of benzene rings is 2. The summed E-state index contributed by atoms with van der Waals surface area (Å²) in [6.07, 6.45) is -5.97. The molecule has 3 unspecified atom stereocenters. The van der Waals surface area contributed by atoms with E-state index in [1.54, 1.807) is 0 Å². The maximum absolute atomic E-state index is 13.1. The van der Waals surface area contributed by atoms with Gasteiger partial charge in [-0.2, -0.15) is 13.2 Å². The SMILES string of the molecule is CC(=O)N1Cc2cc(S(=O)(=O)CC(C)O)ccc2C1C(=O)Nc1ccc(C(C)(O)C(F)(F)F)cc1. The number of rotatable bonds is 6. The largest absolute Gasteiger partial charge is 0.421 e. The molecule has 0 bridgehead atoms. The van der Waals surface area contributed by atoms with E-state index in [1.165, 1.54) is 49.1 Å². The van der Waals surface area contributed by atoms with Gasteiger partial charge in [-0.1, -0.05) is 18.2 Å². The molecule has 3 N–H and O–H groups in total. The molecule has 2 amide bonds. The van der Waals surface area contributed by atoms with Crippen LogP contribution in [0.5, 0.6) is 0 Å². The maximum Gasteiger partial charge on any atom is 0.421 e. The molecule has 0 spiro atoms. The van der Waals surface area contributed by atoms with E-state index in [2.05, 4.69) is 5.32 Å². The van der Waals surface area contributed by atoms with E-state index in [1.807, 2.05) is 0 Å². The zero-order valence-corrected chi connectivity index (χ0v) is 19.9. The summed E-state index contributed by atoms with van der Waals surface area (Å²) in [5.74, 6) is -1.57. The smallest absolute Gasteiger partial charge is 0.392 e. The fraction of sp³-hybridized carbons (Fsp3) is 0.391. The zero-order valence-electron chi connectivity index (χ0n) is 19.1. The zero-order chi connectivity index (χ0) is 26.3. The molecule has 0 saturated carbocycles. The Morgan fingerprint density at radius 3 is 2.29 bits per heavy atom. The molecular weight excluding hydrogens is 489 g/mol. The summed E-state index contributed by atoms with van der Waals surface area (Å²) in [6, 6.07) is 7.48. The molecule has 2 aromatic rings. The lowest BCUT2D eigenvalue weighted by Crippen LogP contribution is -2.39. The van der Waals surface area contributed by atoms with Crippen LogP contribution in [-0.2, 0) is 31.6 Å². The third-order valence-corrected chi connectivity index (χ3v) is 7.69. The number of sulfone groups is 1. The molecule has 0 radical (unpaired) electrons. The van der Waals surface area contributed by atoms with Crippen LogP contribution in [0.2, 0.25) is 0 Å². The second-order valence-corrected chi connectivity index (χ2v) is 10.7. The van der Waals surface area contributed by atoms with Gasteiger partial charge >= 0.3 is 6.18 Å². The van der Waals surface area contributed by atoms with Crippen molar-refractivity contribution in [2.24, 2.45) is 0 Å². The second kappa shape index (κ2) is 9.25. The molecule has 35 heavy (non-hydrogen) atoms. The van der Waals surface area contributed by atoms with Gasteiger partial charge in [-0.3, -0.25) is 9.59 Å². The van der Waals surface area contributed by atoms with Crippen molar-refractivity contribution in [3.8, 4) is 0 Å². The number of nitrogens with one attached hydrogen (secondary N) is 1. The Morgan fingerprint density at radius 1 is 1.17 bits per heavy atom. The highest BCUT2D eigenvalue weighted by Gasteiger charge is 2.51. The van der Waals surface area contributed by atoms with Gasteiger partial charge in [0, 0.05) is 19.2 Å². The van der Waals surface area contributed by atoms with Crippen LogP contribution >= 0.6 is 0 Å². The van der Waals surface area contributed by atoms with Crippen LogP contribution in [0, 0.1) is 0 Å². The van der Waals surface area contributed by atoms with E-state index in [9.17, 15) is 41.4 Å². The summed E-state index contributed by atoms with van der Waals surface area (Å²) in [5, 5.41) is 21.8. The molecule has 12 heteroatoms. The molecule has 8 nitrogen and oxygen atoms in total. The first kappa shape index (κ1) is 26.6. The van der Waals surface area contributed by atoms with Gasteiger partial charge in [0.25, 0.3) is 5.91 Å². The van der Waals surface area contributed by atoms with Crippen molar-refractivity contribution in [3.63, 3.8) is 0 Å². The van der Waals surface area contributed by atoms with Gasteiger partial charge in [0.05, 0.1) is 16.8 Å². The van der Waals surface area contributed by atoms with Gasteiger partial charge in [-0.25, -0.2) is 8.42 Å². The fourth-order valence-corrected chi connectivity index (χ4v) is 5.29. The molecule has 0 aromatic heterocycles. The minimum atomic E-state index is -4.89. The number of fused-ring (bicyclic) bond motifs is 1. The fourth-order valence-electron chi connectivity index (χ4n) is 3.86. The van der Waals surface area contributed by atoms with Crippen LogP contribution < -0.4 is 5.32 Å². The van der Waals surface area contributed by atoms with Crippen molar-refractivity contribution in [3.05, 3.63) is 59.2 Å². The molecule has 0 fully saturated rings. The van der Waals surface area contributed by atoms with E-state index in [0.717, 1.165) is 12.1 Å². The Morgan fingerprint density at radius 2 is 1.77 bits per heavy atom. The van der Waals surface area contributed by atoms with Crippen molar-refractivity contribution < 1.29 is 41.4 Å². The number of amides is 2. The Kier molecular flexibility index (Phi) is 7.04. The van der Waals surface area contributed by atoms with Gasteiger partial charge < -0.3 is 20.4 Å². The van der Waals surface area contributed by atoms with Crippen molar-refractivity contribution in [1.82, 2.24) is 4.90 Å². The molecule has 0 aliphatic carbocycles. The Balaban J connectivity index is 1.88. The third-order valence-electron chi connectivity index (χ3n) is 5.80. The number of hydrogen-bond donors (Lipinski definition) is 3. The van der Waals surface area contributed by atoms with Crippen molar-refractivity contribution in [1.29, 1.82) is 0 Å². The average Bonchev–Trinajstić information content (AvgIpc) is 3.11. The van der Waals surface area contributed by atoms with Crippen LogP contribution in [0.3, 0.4) is 0 Å². The molecule has 0 saturated heterocycles. The summed E-state index contributed by atoms with van der Waals surface area (Å²) in [4.78, 5) is 26.5.